The lowest BCUT2D eigenvalue weighted by molar-refractivity contribution is 0.0472. The van der Waals surface area contributed by atoms with E-state index in [0.717, 1.165) is 12.8 Å². The summed E-state index contributed by atoms with van der Waals surface area (Å²) in [6.45, 7) is -0.0662. The van der Waals surface area contributed by atoms with Crippen LogP contribution in [-0.2, 0) is 21.4 Å². The molecule has 0 aromatic heterocycles. The molecule has 0 spiro atoms. The standard InChI is InChI=1S/C18H17Cl2NO5S/c1-25-16-7-3-11(8-17(16)27(23,24)21-14-5-6-14)18(22)26-10-12-2-4-13(19)9-15(12)20/h2-4,7-9,14,21H,5-6,10H2,1H3. The third-order valence-electron chi connectivity index (χ3n) is 3.96. The smallest absolute Gasteiger partial charge is 0.338 e. The molecule has 1 saturated carbocycles. The van der Waals surface area contributed by atoms with Gasteiger partial charge in [0.05, 0.1) is 12.7 Å². The highest BCUT2D eigenvalue weighted by molar-refractivity contribution is 7.89. The molecule has 1 fully saturated rings. The van der Waals surface area contributed by atoms with Gasteiger partial charge in [0.2, 0.25) is 10.0 Å². The van der Waals surface area contributed by atoms with E-state index in [-0.39, 0.29) is 28.9 Å². The van der Waals surface area contributed by atoms with E-state index < -0.39 is 16.0 Å². The highest BCUT2D eigenvalue weighted by atomic mass is 35.5. The number of nitrogens with one attached hydrogen (secondary N) is 1. The third kappa shape index (κ3) is 4.93. The van der Waals surface area contributed by atoms with E-state index in [9.17, 15) is 13.2 Å². The minimum absolute atomic E-state index is 0.0662. The molecule has 0 heterocycles. The molecule has 0 unspecified atom stereocenters. The molecule has 9 heteroatoms. The van der Waals surface area contributed by atoms with E-state index in [0.29, 0.717) is 15.6 Å². The molecule has 2 aromatic carbocycles. The molecule has 1 aliphatic carbocycles. The number of rotatable bonds is 7. The highest BCUT2D eigenvalue weighted by Gasteiger charge is 2.30. The first-order valence-electron chi connectivity index (χ1n) is 8.11. The zero-order valence-electron chi connectivity index (χ0n) is 14.4. The van der Waals surface area contributed by atoms with Crippen molar-refractivity contribution in [2.45, 2.75) is 30.4 Å². The van der Waals surface area contributed by atoms with Crippen molar-refractivity contribution in [1.29, 1.82) is 0 Å². The minimum atomic E-state index is -3.79. The number of hydrogen-bond donors (Lipinski definition) is 1. The predicted molar refractivity (Wildman–Crippen MR) is 102 cm³/mol. The molecule has 0 saturated heterocycles. The van der Waals surface area contributed by atoms with Gasteiger partial charge in [0.25, 0.3) is 0 Å². The van der Waals surface area contributed by atoms with Crippen LogP contribution in [0.25, 0.3) is 0 Å². The molecule has 144 valence electrons. The summed E-state index contributed by atoms with van der Waals surface area (Å²) >= 11 is 11.9. The van der Waals surface area contributed by atoms with Crippen LogP contribution in [0, 0.1) is 0 Å². The summed E-state index contributed by atoms with van der Waals surface area (Å²) in [5.41, 5.74) is 0.684. The molecule has 0 amide bonds. The molecule has 0 atom stereocenters. The van der Waals surface area contributed by atoms with Crippen LogP contribution in [0.2, 0.25) is 10.0 Å². The maximum absolute atomic E-state index is 12.5. The van der Waals surface area contributed by atoms with Crippen molar-refractivity contribution in [3.8, 4) is 5.75 Å². The van der Waals surface area contributed by atoms with Gasteiger partial charge in [-0.05, 0) is 43.2 Å². The predicted octanol–water partition coefficient (Wildman–Crippen LogP) is 3.80. The fraction of sp³-hybridized carbons (Fsp3) is 0.278. The Morgan fingerprint density at radius 3 is 2.56 bits per heavy atom. The van der Waals surface area contributed by atoms with E-state index in [1.165, 1.54) is 25.3 Å². The summed E-state index contributed by atoms with van der Waals surface area (Å²) in [5.74, 6) is -0.521. The molecule has 1 aliphatic rings. The molecule has 1 N–H and O–H groups in total. The quantitative estimate of drug-likeness (QED) is 0.676. The molecule has 2 aromatic rings. The van der Waals surface area contributed by atoms with Crippen LogP contribution in [0.4, 0.5) is 0 Å². The van der Waals surface area contributed by atoms with Gasteiger partial charge < -0.3 is 9.47 Å². The fourth-order valence-electron chi connectivity index (χ4n) is 2.36. The molecule has 0 aliphatic heterocycles. The second kappa shape index (κ2) is 8.06. The summed E-state index contributed by atoms with van der Waals surface area (Å²) < 4.78 is 38.0. The van der Waals surface area contributed by atoms with Crippen molar-refractivity contribution in [2.75, 3.05) is 7.11 Å². The van der Waals surface area contributed by atoms with Crippen LogP contribution >= 0.6 is 23.2 Å². The highest BCUT2D eigenvalue weighted by Crippen LogP contribution is 2.29. The molecule has 0 bridgehead atoms. The van der Waals surface area contributed by atoms with Gasteiger partial charge in [-0.25, -0.2) is 17.9 Å². The Labute approximate surface area is 167 Å². The minimum Gasteiger partial charge on any atom is -0.495 e. The molecule has 27 heavy (non-hydrogen) atoms. The SMILES string of the molecule is COc1ccc(C(=O)OCc2ccc(Cl)cc2Cl)cc1S(=O)(=O)NC1CC1. The van der Waals surface area contributed by atoms with E-state index in [1.54, 1.807) is 18.2 Å². The van der Waals surface area contributed by atoms with Gasteiger partial charge in [0.15, 0.2) is 0 Å². The number of benzene rings is 2. The number of hydrogen-bond acceptors (Lipinski definition) is 5. The Kier molecular flexibility index (Phi) is 5.95. The van der Waals surface area contributed by atoms with Gasteiger partial charge in [-0.3, -0.25) is 0 Å². The summed E-state index contributed by atoms with van der Waals surface area (Å²) in [6.07, 6.45) is 1.59. The van der Waals surface area contributed by atoms with Crippen molar-refractivity contribution >= 4 is 39.2 Å². The number of carbonyl (C=O) groups excluding carboxylic acids is 1. The Bertz CT molecular complexity index is 974. The maximum Gasteiger partial charge on any atom is 0.338 e. The van der Waals surface area contributed by atoms with Crippen LogP contribution < -0.4 is 9.46 Å². The van der Waals surface area contributed by atoms with Gasteiger partial charge >= 0.3 is 5.97 Å². The van der Waals surface area contributed by atoms with E-state index in [2.05, 4.69) is 4.72 Å². The average molecular weight is 430 g/mol. The third-order valence-corrected chi connectivity index (χ3v) is 6.09. The van der Waals surface area contributed by atoms with Crippen LogP contribution in [-0.4, -0.2) is 27.5 Å². The lowest BCUT2D eigenvalue weighted by Crippen LogP contribution is -2.26. The average Bonchev–Trinajstić information content (AvgIpc) is 3.43. The summed E-state index contributed by atoms with van der Waals surface area (Å²) in [7, 11) is -2.43. The van der Waals surface area contributed by atoms with Crippen molar-refractivity contribution in [1.82, 2.24) is 4.72 Å². The van der Waals surface area contributed by atoms with Gasteiger partial charge in [-0.15, -0.1) is 0 Å². The Morgan fingerprint density at radius 2 is 1.93 bits per heavy atom. The van der Waals surface area contributed by atoms with Crippen molar-refractivity contribution < 1.29 is 22.7 Å². The number of ether oxygens (including phenoxy) is 2. The van der Waals surface area contributed by atoms with Crippen LogP contribution in [0.5, 0.6) is 5.75 Å². The number of methoxy groups -OCH3 is 1. The Morgan fingerprint density at radius 1 is 1.19 bits per heavy atom. The Balaban J connectivity index is 1.79. The van der Waals surface area contributed by atoms with Gasteiger partial charge in [-0.2, -0.15) is 0 Å². The topological polar surface area (TPSA) is 81.7 Å². The first kappa shape index (κ1) is 19.9. The number of carbonyl (C=O) groups is 1. The molecular formula is C18H17Cl2NO5S. The van der Waals surface area contributed by atoms with Gasteiger partial charge in [0, 0.05) is 21.7 Å². The van der Waals surface area contributed by atoms with Crippen LogP contribution in [0.1, 0.15) is 28.8 Å². The largest absolute Gasteiger partial charge is 0.495 e. The molecule has 6 nitrogen and oxygen atoms in total. The number of esters is 1. The zero-order valence-corrected chi connectivity index (χ0v) is 16.7. The first-order chi connectivity index (χ1) is 12.8. The van der Waals surface area contributed by atoms with Crippen molar-refractivity contribution in [2.24, 2.45) is 0 Å². The van der Waals surface area contributed by atoms with E-state index >= 15 is 0 Å². The fourth-order valence-corrected chi connectivity index (χ4v) is 4.33. The normalized spacial score (nSPS) is 14.0. The van der Waals surface area contributed by atoms with Crippen molar-refractivity contribution in [3.05, 3.63) is 57.6 Å². The van der Waals surface area contributed by atoms with Gasteiger partial charge in [-0.1, -0.05) is 29.3 Å². The van der Waals surface area contributed by atoms with E-state index in [4.69, 9.17) is 32.7 Å². The lowest BCUT2D eigenvalue weighted by atomic mass is 10.2. The Hall–Kier alpha value is -1.80. The van der Waals surface area contributed by atoms with Gasteiger partial charge in [0.1, 0.15) is 17.3 Å². The summed E-state index contributed by atoms with van der Waals surface area (Å²) in [6, 6.07) is 8.89. The van der Waals surface area contributed by atoms with Crippen molar-refractivity contribution in [3.63, 3.8) is 0 Å². The number of sulfonamides is 1. The summed E-state index contributed by atoms with van der Waals surface area (Å²) in [5, 5.41) is 0.852. The molecule has 0 radical (unpaired) electrons. The second-order valence-electron chi connectivity index (χ2n) is 6.07. The lowest BCUT2D eigenvalue weighted by Gasteiger charge is -2.12. The van der Waals surface area contributed by atoms with E-state index in [1.807, 2.05) is 0 Å². The first-order valence-corrected chi connectivity index (χ1v) is 10.4. The summed E-state index contributed by atoms with van der Waals surface area (Å²) in [4.78, 5) is 12.3. The number of halogens is 2. The molecular weight excluding hydrogens is 413 g/mol. The molecule has 3 rings (SSSR count). The second-order valence-corrected chi connectivity index (χ2v) is 8.60. The van der Waals surface area contributed by atoms with Crippen LogP contribution in [0.3, 0.4) is 0 Å². The van der Waals surface area contributed by atoms with Crippen LogP contribution in [0.15, 0.2) is 41.3 Å². The monoisotopic (exact) mass is 429 g/mol. The maximum atomic E-state index is 12.5. The zero-order chi connectivity index (χ0) is 19.6.